The molecular formula is C23H20N2O3. The number of nitrogens with zero attached hydrogens (tertiary/aromatic N) is 1. The predicted molar refractivity (Wildman–Crippen MR) is 105 cm³/mol. The summed E-state index contributed by atoms with van der Waals surface area (Å²) >= 11 is 0. The van der Waals surface area contributed by atoms with E-state index in [0.717, 1.165) is 40.1 Å². The zero-order valence-corrected chi connectivity index (χ0v) is 15.5. The summed E-state index contributed by atoms with van der Waals surface area (Å²) in [5, 5.41) is 17.5. The van der Waals surface area contributed by atoms with Gasteiger partial charge in [0.15, 0.2) is 5.78 Å². The quantitative estimate of drug-likeness (QED) is 0.685. The summed E-state index contributed by atoms with van der Waals surface area (Å²) in [5.74, 6) is 0.747. The maximum absolute atomic E-state index is 13.3. The zero-order chi connectivity index (χ0) is 19.3. The van der Waals surface area contributed by atoms with E-state index in [1.54, 1.807) is 18.2 Å². The average Bonchev–Trinajstić information content (AvgIpc) is 3.07. The number of nitrogens with one attached hydrogen (secondary N) is 1. The maximum Gasteiger partial charge on any atom is 0.233 e. The first-order valence-corrected chi connectivity index (χ1v) is 9.45. The number of hydrogen-bond donors (Lipinski definition) is 2. The van der Waals surface area contributed by atoms with Crippen LogP contribution >= 0.6 is 0 Å². The first kappa shape index (κ1) is 16.8. The van der Waals surface area contributed by atoms with Crippen molar-refractivity contribution < 1.29 is 14.4 Å². The van der Waals surface area contributed by atoms with Gasteiger partial charge in [-0.25, -0.2) is 0 Å². The summed E-state index contributed by atoms with van der Waals surface area (Å²) in [4.78, 5) is 13.3. The Labute approximate surface area is 162 Å². The normalized spacial score (nSPS) is 21.1. The van der Waals surface area contributed by atoms with Gasteiger partial charge in [-0.05, 0) is 42.5 Å². The first-order chi connectivity index (χ1) is 13.6. The number of hydrogen-bond acceptors (Lipinski definition) is 5. The number of fused-ring (bicyclic) bond motifs is 1. The third-order valence-corrected chi connectivity index (χ3v) is 5.73. The fourth-order valence-electron chi connectivity index (χ4n) is 4.47. The van der Waals surface area contributed by atoms with Crippen LogP contribution in [0.2, 0.25) is 0 Å². The van der Waals surface area contributed by atoms with Crippen LogP contribution in [0.15, 0.2) is 70.4 Å². The van der Waals surface area contributed by atoms with Gasteiger partial charge < -0.3 is 14.9 Å². The molecule has 1 aliphatic heterocycles. The minimum Gasteiger partial charge on any atom is -0.508 e. The monoisotopic (exact) mass is 372 g/mol. The predicted octanol–water partition coefficient (Wildman–Crippen LogP) is 4.65. The number of ketones is 1. The van der Waals surface area contributed by atoms with E-state index >= 15 is 0 Å². The number of aromatic nitrogens is 1. The molecule has 1 aliphatic carbocycles. The summed E-state index contributed by atoms with van der Waals surface area (Å²) in [6.07, 6.45) is 1.21. The first-order valence-electron chi connectivity index (χ1n) is 9.45. The standard InChI is InChI=1S/C23H20N2O3/c1-13-20-21(15-8-5-9-17(26)10-15)22-18(24-23(20)28-25-13)11-16(12-19(22)27)14-6-3-2-4-7-14/h2-10,16,21,24,26H,11-12H2,1H3. The van der Waals surface area contributed by atoms with Crippen LogP contribution in [-0.2, 0) is 4.79 Å². The van der Waals surface area contributed by atoms with E-state index in [1.165, 1.54) is 0 Å². The lowest BCUT2D eigenvalue weighted by atomic mass is 9.72. The highest BCUT2D eigenvalue weighted by Gasteiger charge is 2.41. The number of rotatable bonds is 2. The van der Waals surface area contributed by atoms with Gasteiger partial charge in [-0.3, -0.25) is 4.79 Å². The Hall–Kier alpha value is -3.34. The Kier molecular flexibility index (Phi) is 3.83. The zero-order valence-electron chi connectivity index (χ0n) is 15.5. The fraction of sp³-hybridized carbons (Fsp3) is 0.217. The van der Waals surface area contributed by atoms with Crippen LogP contribution in [0.25, 0.3) is 0 Å². The van der Waals surface area contributed by atoms with E-state index in [0.29, 0.717) is 12.3 Å². The van der Waals surface area contributed by atoms with E-state index in [-0.39, 0.29) is 23.4 Å². The second-order valence-corrected chi connectivity index (χ2v) is 7.50. The number of benzene rings is 2. The lowest BCUT2D eigenvalue weighted by Gasteiger charge is -2.34. The van der Waals surface area contributed by atoms with Crippen LogP contribution < -0.4 is 5.32 Å². The van der Waals surface area contributed by atoms with Crippen LogP contribution in [-0.4, -0.2) is 16.0 Å². The SMILES string of the molecule is Cc1noc2c1C(c1cccc(O)c1)C1=C(CC(c3ccccc3)CC1=O)N2. The number of carbonyl (C=O) groups excluding carboxylic acids is 1. The lowest BCUT2D eigenvalue weighted by molar-refractivity contribution is -0.116. The second kappa shape index (κ2) is 6.37. The third kappa shape index (κ3) is 2.62. The number of Topliss-reactive ketones (excluding diaryl/α,β-unsaturated/α-hetero) is 1. The molecule has 5 nitrogen and oxygen atoms in total. The molecule has 140 valence electrons. The molecule has 0 saturated heterocycles. The molecule has 3 aromatic rings. The second-order valence-electron chi connectivity index (χ2n) is 7.50. The van der Waals surface area contributed by atoms with Crippen LogP contribution in [0, 0.1) is 6.92 Å². The smallest absolute Gasteiger partial charge is 0.233 e. The molecule has 2 atom stereocenters. The molecule has 2 heterocycles. The molecule has 2 aromatic carbocycles. The number of anilines is 1. The van der Waals surface area contributed by atoms with Crippen LogP contribution in [0.3, 0.4) is 0 Å². The Morgan fingerprint density at radius 3 is 2.64 bits per heavy atom. The van der Waals surface area contributed by atoms with E-state index < -0.39 is 0 Å². The minimum absolute atomic E-state index is 0.127. The van der Waals surface area contributed by atoms with Crippen molar-refractivity contribution in [1.82, 2.24) is 5.16 Å². The number of carbonyl (C=O) groups is 1. The van der Waals surface area contributed by atoms with Gasteiger partial charge >= 0.3 is 0 Å². The van der Waals surface area contributed by atoms with E-state index in [9.17, 15) is 9.90 Å². The number of aryl methyl sites for hydroxylation is 1. The summed E-state index contributed by atoms with van der Waals surface area (Å²) < 4.78 is 5.52. The topological polar surface area (TPSA) is 75.4 Å². The lowest BCUT2D eigenvalue weighted by Crippen LogP contribution is -2.29. The molecule has 0 fully saturated rings. The van der Waals surface area contributed by atoms with Crippen molar-refractivity contribution in [3.8, 4) is 5.75 Å². The molecule has 2 aliphatic rings. The fourth-order valence-corrected chi connectivity index (χ4v) is 4.47. The summed E-state index contributed by atoms with van der Waals surface area (Å²) in [5.41, 5.74) is 5.31. The van der Waals surface area contributed by atoms with Crippen molar-refractivity contribution in [3.05, 3.63) is 88.3 Å². The summed E-state index contributed by atoms with van der Waals surface area (Å²) in [6.45, 7) is 1.88. The van der Waals surface area contributed by atoms with E-state index in [1.807, 2.05) is 31.2 Å². The van der Waals surface area contributed by atoms with Crippen molar-refractivity contribution in [2.45, 2.75) is 31.6 Å². The van der Waals surface area contributed by atoms with Gasteiger partial charge in [0.2, 0.25) is 5.88 Å². The van der Waals surface area contributed by atoms with Crippen molar-refractivity contribution in [3.63, 3.8) is 0 Å². The van der Waals surface area contributed by atoms with Gasteiger partial charge in [0.05, 0.1) is 11.3 Å². The minimum atomic E-state index is -0.283. The Morgan fingerprint density at radius 2 is 1.86 bits per heavy atom. The molecule has 0 bridgehead atoms. The molecular weight excluding hydrogens is 352 g/mol. The van der Waals surface area contributed by atoms with E-state index in [4.69, 9.17) is 4.52 Å². The van der Waals surface area contributed by atoms with Crippen molar-refractivity contribution in [1.29, 1.82) is 0 Å². The number of aromatic hydroxyl groups is 1. The van der Waals surface area contributed by atoms with Gasteiger partial charge in [-0.2, -0.15) is 0 Å². The molecule has 2 N–H and O–H groups in total. The molecule has 5 heteroatoms. The Morgan fingerprint density at radius 1 is 1.07 bits per heavy atom. The largest absolute Gasteiger partial charge is 0.508 e. The average molecular weight is 372 g/mol. The summed E-state index contributed by atoms with van der Waals surface area (Å²) in [7, 11) is 0. The molecule has 1 aromatic heterocycles. The van der Waals surface area contributed by atoms with Crippen molar-refractivity contribution in [2.75, 3.05) is 5.32 Å². The van der Waals surface area contributed by atoms with Crippen LogP contribution in [0.1, 0.15) is 47.1 Å². The van der Waals surface area contributed by atoms with Gasteiger partial charge in [-0.15, -0.1) is 0 Å². The summed E-state index contributed by atoms with van der Waals surface area (Å²) in [6, 6.07) is 17.2. The van der Waals surface area contributed by atoms with Crippen molar-refractivity contribution >= 4 is 11.7 Å². The van der Waals surface area contributed by atoms with Gasteiger partial charge in [-0.1, -0.05) is 47.6 Å². The molecule has 0 amide bonds. The molecule has 2 unspecified atom stereocenters. The number of phenolic OH excluding ortho intramolecular Hbond substituents is 1. The molecule has 28 heavy (non-hydrogen) atoms. The highest BCUT2D eigenvalue weighted by molar-refractivity contribution is 6.01. The number of phenols is 1. The maximum atomic E-state index is 13.3. The van der Waals surface area contributed by atoms with E-state index in [2.05, 4.69) is 22.6 Å². The third-order valence-electron chi connectivity index (χ3n) is 5.73. The van der Waals surface area contributed by atoms with Gasteiger partial charge in [0.1, 0.15) is 5.75 Å². The highest BCUT2D eigenvalue weighted by atomic mass is 16.5. The molecule has 5 rings (SSSR count). The van der Waals surface area contributed by atoms with Gasteiger partial charge in [0, 0.05) is 23.6 Å². The number of allylic oxidation sites excluding steroid dienone is 2. The van der Waals surface area contributed by atoms with Crippen LogP contribution in [0.5, 0.6) is 5.75 Å². The van der Waals surface area contributed by atoms with Crippen molar-refractivity contribution in [2.24, 2.45) is 0 Å². The Balaban J connectivity index is 1.64. The molecule has 0 saturated carbocycles. The molecule has 0 radical (unpaired) electrons. The van der Waals surface area contributed by atoms with Crippen LogP contribution in [0.4, 0.5) is 5.88 Å². The molecule has 0 spiro atoms. The highest BCUT2D eigenvalue weighted by Crippen LogP contribution is 2.49. The van der Waals surface area contributed by atoms with Gasteiger partial charge in [0.25, 0.3) is 0 Å². The Bertz CT molecular complexity index is 1100.